The molecule has 2 rings (SSSR count). The van der Waals surface area contributed by atoms with Gasteiger partial charge >= 0.3 is 6.09 Å². The van der Waals surface area contributed by atoms with Crippen molar-refractivity contribution in [1.29, 1.82) is 0 Å². The quantitative estimate of drug-likeness (QED) is 0.877. The molecule has 1 saturated carbocycles. The van der Waals surface area contributed by atoms with Crippen molar-refractivity contribution in [1.82, 2.24) is 10.6 Å². The third-order valence-corrected chi connectivity index (χ3v) is 3.62. The fourth-order valence-corrected chi connectivity index (χ4v) is 2.53. The molecule has 126 valence electrons. The third-order valence-electron chi connectivity index (χ3n) is 3.62. The van der Waals surface area contributed by atoms with E-state index in [0.29, 0.717) is 5.92 Å². The summed E-state index contributed by atoms with van der Waals surface area (Å²) in [6, 6.07) is 10.1. The number of rotatable bonds is 5. The average molecular weight is 318 g/mol. The molecule has 5 nitrogen and oxygen atoms in total. The summed E-state index contributed by atoms with van der Waals surface area (Å²) >= 11 is 0. The zero-order valence-corrected chi connectivity index (χ0v) is 14.3. The van der Waals surface area contributed by atoms with Crippen molar-refractivity contribution in [3.05, 3.63) is 35.9 Å². The number of alkyl carbamates (subject to hydrolysis) is 1. The molecule has 3 atom stereocenters. The van der Waals surface area contributed by atoms with Crippen LogP contribution in [0.25, 0.3) is 0 Å². The Morgan fingerprint density at radius 2 is 1.91 bits per heavy atom. The largest absolute Gasteiger partial charge is 0.444 e. The van der Waals surface area contributed by atoms with E-state index in [4.69, 9.17) is 4.74 Å². The van der Waals surface area contributed by atoms with E-state index in [1.54, 1.807) is 27.7 Å². The molecule has 0 aliphatic heterocycles. The first-order valence-electron chi connectivity index (χ1n) is 8.08. The van der Waals surface area contributed by atoms with Crippen LogP contribution in [0.15, 0.2) is 30.3 Å². The van der Waals surface area contributed by atoms with Crippen LogP contribution in [0.1, 0.15) is 52.0 Å². The number of carbonyl (C=O) groups excluding carboxylic acids is 2. The molecule has 2 amide bonds. The van der Waals surface area contributed by atoms with Gasteiger partial charge in [-0.15, -0.1) is 0 Å². The summed E-state index contributed by atoms with van der Waals surface area (Å²) in [5.74, 6) is 0.367. The Kier molecular flexibility index (Phi) is 5.29. The Labute approximate surface area is 137 Å². The predicted octanol–water partition coefficient (Wildman–Crippen LogP) is 2.96. The van der Waals surface area contributed by atoms with E-state index in [1.165, 1.54) is 5.56 Å². The van der Waals surface area contributed by atoms with E-state index < -0.39 is 11.7 Å². The van der Waals surface area contributed by atoms with Crippen LogP contribution in [-0.2, 0) is 9.53 Å². The highest BCUT2D eigenvalue weighted by Gasteiger charge is 2.39. The van der Waals surface area contributed by atoms with Gasteiger partial charge in [0.25, 0.3) is 0 Å². The fraction of sp³-hybridized carbons (Fsp3) is 0.556. The lowest BCUT2D eigenvalue weighted by Gasteiger charge is -2.21. The van der Waals surface area contributed by atoms with E-state index in [2.05, 4.69) is 22.8 Å². The standard InChI is InChI=1S/C18H26N2O3/c1-12(19-17(22)23-18(2,3)4)10-16(21)20-15-11-14(15)13-8-6-5-7-9-13/h5-9,12,14-15H,10-11H2,1-4H3,(H,19,22)(H,20,21)/t12-,14+,15-/m1/s1. The van der Waals surface area contributed by atoms with E-state index in [9.17, 15) is 9.59 Å². The summed E-state index contributed by atoms with van der Waals surface area (Å²) < 4.78 is 5.18. The van der Waals surface area contributed by atoms with Crippen LogP contribution in [0.5, 0.6) is 0 Å². The van der Waals surface area contributed by atoms with Gasteiger partial charge in [-0.3, -0.25) is 4.79 Å². The number of nitrogens with one attached hydrogen (secondary N) is 2. The number of ether oxygens (including phenoxy) is 1. The van der Waals surface area contributed by atoms with Gasteiger partial charge in [0.15, 0.2) is 0 Å². The van der Waals surface area contributed by atoms with Gasteiger partial charge in [0.2, 0.25) is 5.91 Å². The topological polar surface area (TPSA) is 67.4 Å². The molecule has 0 bridgehead atoms. The van der Waals surface area contributed by atoms with Crippen molar-refractivity contribution in [2.24, 2.45) is 0 Å². The Morgan fingerprint density at radius 1 is 1.26 bits per heavy atom. The molecule has 0 saturated heterocycles. The molecular weight excluding hydrogens is 292 g/mol. The monoisotopic (exact) mass is 318 g/mol. The van der Waals surface area contributed by atoms with Gasteiger partial charge in [0.1, 0.15) is 5.60 Å². The van der Waals surface area contributed by atoms with E-state index in [-0.39, 0.29) is 24.4 Å². The lowest BCUT2D eigenvalue weighted by atomic mass is 10.1. The van der Waals surface area contributed by atoms with Crippen LogP contribution in [0.2, 0.25) is 0 Å². The summed E-state index contributed by atoms with van der Waals surface area (Å²) in [6.07, 6.45) is 0.729. The summed E-state index contributed by atoms with van der Waals surface area (Å²) in [4.78, 5) is 23.7. The highest BCUT2D eigenvalue weighted by molar-refractivity contribution is 5.78. The molecule has 23 heavy (non-hydrogen) atoms. The first kappa shape index (κ1) is 17.3. The molecule has 1 aromatic rings. The minimum absolute atomic E-state index is 0.0445. The molecule has 0 heterocycles. The van der Waals surface area contributed by atoms with Crippen molar-refractivity contribution < 1.29 is 14.3 Å². The Hall–Kier alpha value is -2.04. The minimum Gasteiger partial charge on any atom is -0.444 e. The molecule has 0 spiro atoms. The maximum atomic E-state index is 12.0. The molecule has 1 aliphatic rings. The summed E-state index contributed by atoms with van der Waals surface area (Å²) in [7, 11) is 0. The Bertz CT molecular complexity index is 551. The van der Waals surface area contributed by atoms with E-state index >= 15 is 0 Å². The van der Waals surface area contributed by atoms with Crippen LogP contribution in [0.3, 0.4) is 0 Å². The lowest BCUT2D eigenvalue weighted by Crippen LogP contribution is -2.40. The van der Waals surface area contributed by atoms with Gasteiger partial charge < -0.3 is 15.4 Å². The normalized spacial score (nSPS) is 21.2. The second-order valence-electron chi connectivity index (χ2n) is 7.18. The van der Waals surface area contributed by atoms with Gasteiger partial charge in [0, 0.05) is 24.4 Å². The molecule has 1 fully saturated rings. The second kappa shape index (κ2) is 7.02. The fourth-order valence-electron chi connectivity index (χ4n) is 2.53. The van der Waals surface area contributed by atoms with Crippen LogP contribution in [-0.4, -0.2) is 29.7 Å². The maximum Gasteiger partial charge on any atom is 0.407 e. The highest BCUT2D eigenvalue weighted by atomic mass is 16.6. The predicted molar refractivity (Wildman–Crippen MR) is 89.2 cm³/mol. The van der Waals surface area contributed by atoms with Crippen molar-refractivity contribution in [3.63, 3.8) is 0 Å². The Morgan fingerprint density at radius 3 is 2.52 bits per heavy atom. The molecule has 0 unspecified atom stereocenters. The summed E-state index contributed by atoms with van der Waals surface area (Å²) in [5, 5.41) is 5.71. The minimum atomic E-state index is -0.539. The van der Waals surface area contributed by atoms with Gasteiger partial charge in [0.05, 0.1) is 0 Å². The van der Waals surface area contributed by atoms with Crippen molar-refractivity contribution in [2.75, 3.05) is 0 Å². The SMILES string of the molecule is C[C@H](CC(=O)N[C@@H]1C[C@H]1c1ccccc1)NC(=O)OC(C)(C)C. The summed E-state index contributed by atoms with van der Waals surface area (Å²) in [6.45, 7) is 7.22. The molecule has 5 heteroatoms. The average Bonchev–Trinajstić information content (AvgIpc) is 3.15. The van der Waals surface area contributed by atoms with Gasteiger partial charge in [-0.2, -0.15) is 0 Å². The number of benzene rings is 1. The number of carbonyl (C=O) groups is 2. The van der Waals surface area contributed by atoms with E-state index in [1.807, 2.05) is 18.2 Å². The molecule has 1 aromatic carbocycles. The third kappa shape index (κ3) is 5.93. The first-order chi connectivity index (χ1) is 10.7. The second-order valence-corrected chi connectivity index (χ2v) is 7.18. The van der Waals surface area contributed by atoms with Gasteiger partial charge in [-0.25, -0.2) is 4.79 Å². The highest BCUT2D eigenvalue weighted by Crippen LogP contribution is 2.40. The summed E-state index contributed by atoms with van der Waals surface area (Å²) in [5.41, 5.74) is 0.723. The molecule has 1 aliphatic carbocycles. The Balaban J connectivity index is 1.70. The van der Waals surface area contributed by atoms with Gasteiger partial charge in [-0.05, 0) is 39.7 Å². The number of hydrogen-bond acceptors (Lipinski definition) is 3. The first-order valence-corrected chi connectivity index (χ1v) is 8.08. The molecular formula is C18H26N2O3. The van der Waals surface area contributed by atoms with Crippen LogP contribution in [0.4, 0.5) is 4.79 Å². The zero-order valence-electron chi connectivity index (χ0n) is 14.3. The van der Waals surface area contributed by atoms with Crippen molar-refractivity contribution in [3.8, 4) is 0 Å². The zero-order chi connectivity index (χ0) is 17.0. The van der Waals surface area contributed by atoms with Gasteiger partial charge in [-0.1, -0.05) is 30.3 Å². The van der Waals surface area contributed by atoms with E-state index in [0.717, 1.165) is 6.42 Å². The number of hydrogen-bond donors (Lipinski definition) is 2. The smallest absolute Gasteiger partial charge is 0.407 e. The molecule has 0 radical (unpaired) electrons. The van der Waals surface area contributed by atoms with Crippen LogP contribution < -0.4 is 10.6 Å². The van der Waals surface area contributed by atoms with Crippen molar-refractivity contribution in [2.45, 2.75) is 64.1 Å². The molecule has 0 aromatic heterocycles. The maximum absolute atomic E-state index is 12.0. The molecule has 2 N–H and O–H groups in total. The number of amides is 2. The lowest BCUT2D eigenvalue weighted by molar-refractivity contribution is -0.121. The van der Waals surface area contributed by atoms with Crippen molar-refractivity contribution >= 4 is 12.0 Å². The van der Waals surface area contributed by atoms with Crippen LogP contribution in [0, 0.1) is 0 Å². The van der Waals surface area contributed by atoms with Crippen LogP contribution >= 0.6 is 0 Å².